The predicted molar refractivity (Wildman–Crippen MR) is 81.3 cm³/mol. The molecule has 5 nitrogen and oxygen atoms in total. The van der Waals surface area contributed by atoms with Gasteiger partial charge in [0, 0.05) is 10.6 Å². The number of hydrogen-bond donors (Lipinski definition) is 2. The zero-order valence-electron chi connectivity index (χ0n) is 11.8. The number of aromatic amines is 1. The van der Waals surface area contributed by atoms with Crippen LogP contribution in [0.25, 0.3) is 17.1 Å². The molecule has 2 aromatic carbocycles. The fourth-order valence-corrected chi connectivity index (χ4v) is 2.27. The maximum Gasteiger partial charge on any atom is 0.416 e. The highest BCUT2D eigenvalue weighted by Gasteiger charge is 2.30. The predicted octanol–water partition coefficient (Wildman–Crippen LogP) is 3.61. The molecule has 0 radical (unpaired) electrons. The third kappa shape index (κ3) is 3.00. The number of aromatic nitrogens is 3. The summed E-state index contributed by atoms with van der Waals surface area (Å²) in [6, 6.07) is 8.26. The third-order valence-electron chi connectivity index (χ3n) is 3.27. The van der Waals surface area contributed by atoms with Crippen LogP contribution in [0.2, 0.25) is 5.02 Å². The van der Waals surface area contributed by atoms with Crippen LogP contribution in [0.4, 0.5) is 13.2 Å². The van der Waals surface area contributed by atoms with Crippen molar-refractivity contribution >= 4 is 11.6 Å². The van der Waals surface area contributed by atoms with Crippen molar-refractivity contribution in [2.24, 2.45) is 0 Å². The van der Waals surface area contributed by atoms with Gasteiger partial charge in [0.1, 0.15) is 11.4 Å². The van der Waals surface area contributed by atoms with Crippen LogP contribution in [0.1, 0.15) is 5.56 Å². The maximum absolute atomic E-state index is 12.6. The van der Waals surface area contributed by atoms with Crippen molar-refractivity contribution in [3.63, 3.8) is 0 Å². The van der Waals surface area contributed by atoms with Crippen LogP contribution in [0, 0.1) is 0 Å². The fraction of sp³-hybridized carbons (Fsp3) is 0.0667. The van der Waals surface area contributed by atoms with Crippen molar-refractivity contribution in [3.8, 4) is 22.8 Å². The number of phenols is 1. The highest BCUT2D eigenvalue weighted by atomic mass is 35.5. The van der Waals surface area contributed by atoms with E-state index in [1.54, 1.807) is 0 Å². The zero-order valence-corrected chi connectivity index (χ0v) is 12.6. The first-order valence-electron chi connectivity index (χ1n) is 6.61. The van der Waals surface area contributed by atoms with Crippen LogP contribution in [0.15, 0.2) is 47.3 Å². The van der Waals surface area contributed by atoms with Gasteiger partial charge in [-0.25, -0.2) is 4.79 Å². The van der Waals surface area contributed by atoms with Crippen LogP contribution in [-0.4, -0.2) is 19.9 Å². The number of aromatic hydroxyl groups is 1. The Bertz CT molecular complexity index is 946. The number of alkyl halides is 3. The average molecular weight is 356 g/mol. The lowest BCUT2D eigenvalue weighted by Crippen LogP contribution is -2.16. The van der Waals surface area contributed by atoms with Gasteiger partial charge >= 0.3 is 11.9 Å². The first-order chi connectivity index (χ1) is 11.3. The minimum atomic E-state index is -4.45. The van der Waals surface area contributed by atoms with Crippen molar-refractivity contribution in [2.45, 2.75) is 6.18 Å². The fourth-order valence-electron chi connectivity index (χ4n) is 2.10. The normalized spacial score (nSPS) is 11.7. The summed E-state index contributed by atoms with van der Waals surface area (Å²) in [7, 11) is 0. The molecule has 0 fully saturated rings. The number of nitrogens with one attached hydrogen (secondary N) is 1. The van der Waals surface area contributed by atoms with Gasteiger partial charge in [0.15, 0.2) is 5.82 Å². The molecule has 3 aromatic rings. The van der Waals surface area contributed by atoms with Gasteiger partial charge in [0.05, 0.1) is 5.56 Å². The van der Waals surface area contributed by atoms with Crippen molar-refractivity contribution < 1.29 is 18.3 Å². The van der Waals surface area contributed by atoms with E-state index < -0.39 is 17.4 Å². The van der Waals surface area contributed by atoms with E-state index in [-0.39, 0.29) is 22.3 Å². The van der Waals surface area contributed by atoms with E-state index in [1.807, 2.05) is 0 Å². The largest absolute Gasteiger partial charge is 0.506 e. The monoisotopic (exact) mass is 355 g/mol. The standard InChI is InChI=1S/C15H9ClF3N3O2/c16-10-5-6-12(23)11(7-10)22-14(24)20-13(21-22)8-1-3-9(4-2-8)15(17,18)19/h1-7,23H,(H,20,21,24). The molecular weight excluding hydrogens is 347 g/mol. The summed E-state index contributed by atoms with van der Waals surface area (Å²) in [6.07, 6.45) is -4.45. The summed E-state index contributed by atoms with van der Waals surface area (Å²) in [5.74, 6) is -0.153. The quantitative estimate of drug-likeness (QED) is 0.737. The molecule has 0 atom stereocenters. The van der Waals surface area contributed by atoms with Crippen LogP contribution >= 0.6 is 11.6 Å². The molecule has 3 rings (SSSR count). The van der Waals surface area contributed by atoms with Crippen LogP contribution in [0.5, 0.6) is 5.75 Å². The first kappa shape index (κ1) is 16.1. The van der Waals surface area contributed by atoms with Crippen molar-refractivity contribution in [1.82, 2.24) is 14.8 Å². The molecule has 2 N–H and O–H groups in total. The molecule has 1 heterocycles. The number of H-pyrrole nitrogens is 1. The van der Waals surface area contributed by atoms with E-state index in [1.165, 1.54) is 30.3 Å². The Labute approximate surface area is 137 Å². The Kier molecular flexibility index (Phi) is 3.84. The van der Waals surface area contributed by atoms with E-state index in [4.69, 9.17) is 11.6 Å². The molecule has 0 unspecified atom stereocenters. The van der Waals surface area contributed by atoms with Crippen LogP contribution in [0.3, 0.4) is 0 Å². The molecule has 124 valence electrons. The molecule has 0 aliphatic rings. The van der Waals surface area contributed by atoms with Gasteiger partial charge in [-0.1, -0.05) is 23.7 Å². The lowest BCUT2D eigenvalue weighted by atomic mass is 10.1. The van der Waals surface area contributed by atoms with Gasteiger partial charge in [0.25, 0.3) is 0 Å². The highest BCUT2D eigenvalue weighted by Crippen LogP contribution is 2.30. The van der Waals surface area contributed by atoms with Crippen molar-refractivity contribution in [3.05, 3.63) is 63.5 Å². The molecule has 9 heteroatoms. The third-order valence-corrected chi connectivity index (χ3v) is 3.50. The second-order valence-corrected chi connectivity index (χ2v) is 5.34. The summed E-state index contributed by atoms with van der Waals surface area (Å²) in [6.45, 7) is 0. The van der Waals surface area contributed by atoms with Crippen molar-refractivity contribution in [1.29, 1.82) is 0 Å². The number of nitrogens with zero attached hydrogens (tertiary/aromatic N) is 2. The van der Waals surface area contributed by atoms with Crippen LogP contribution in [-0.2, 0) is 6.18 Å². The lowest BCUT2D eigenvalue weighted by Gasteiger charge is -2.06. The summed E-state index contributed by atoms with van der Waals surface area (Å²) < 4.78 is 38.6. The van der Waals surface area contributed by atoms with E-state index in [2.05, 4.69) is 10.1 Å². The summed E-state index contributed by atoms with van der Waals surface area (Å²) >= 11 is 5.83. The summed E-state index contributed by atoms with van der Waals surface area (Å²) in [5, 5.41) is 14.1. The van der Waals surface area contributed by atoms with Gasteiger partial charge in [-0.3, -0.25) is 4.98 Å². The Balaban J connectivity index is 2.03. The molecule has 0 aliphatic carbocycles. The molecule has 0 bridgehead atoms. The average Bonchev–Trinajstić information content (AvgIpc) is 2.91. The van der Waals surface area contributed by atoms with Gasteiger partial charge < -0.3 is 5.11 Å². The number of benzene rings is 2. The number of hydrogen-bond acceptors (Lipinski definition) is 3. The second-order valence-electron chi connectivity index (χ2n) is 4.90. The molecule has 24 heavy (non-hydrogen) atoms. The topological polar surface area (TPSA) is 70.9 Å². The van der Waals surface area contributed by atoms with E-state index in [9.17, 15) is 23.1 Å². The summed E-state index contributed by atoms with van der Waals surface area (Å²) in [5.41, 5.74) is -1.12. The van der Waals surface area contributed by atoms with E-state index in [0.717, 1.165) is 16.8 Å². The van der Waals surface area contributed by atoms with Crippen LogP contribution < -0.4 is 5.69 Å². The van der Waals surface area contributed by atoms with Gasteiger partial charge in [-0.2, -0.15) is 17.9 Å². The van der Waals surface area contributed by atoms with Gasteiger partial charge in [-0.15, -0.1) is 5.10 Å². The molecular formula is C15H9ClF3N3O2. The molecule has 0 aliphatic heterocycles. The minimum Gasteiger partial charge on any atom is -0.506 e. The Morgan fingerprint density at radius 2 is 1.79 bits per heavy atom. The molecule has 0 saturated carbocycles. The number of rotatable bonds is 2. The Morgan fingerprint density at radius 1 is 1.12 bits per heavy atom. The van der Waals surface area contributed by atoms with Gasteiger partial charge in [0.2, 0.25) is 0 Å². The molecule has 1 aromatic heterocycles. The zero-order chi connectivity index (χ0) is 17.5. The number of halogens is 4. The highest BCUT2D eigenvalue weighted by molar-refractivity contribution is 6.30. The van der Waals surface area contributed by atoms with E-state index >= 15 is 0 Å². The minimum absolute atomic E-state index is 0.0573. The number of phenolic OH excluding ortho intramolecular Hbond substituents is 1. The SMILES string of the molecule is O=c1[nH]c(-c2ccc(C(F)(F)F)cc2)nn1-c1cc(Cl)ccc1O. The Hall–Kier alpha value is -2.74. The van der Waals surface area contributed by atoms with Gasteiger partial charge in [-0.05, 0) is 30.3 Å². The van der Waals surface area contributed by atoms with Crippen molar-refractivity contribution in [2.75, 3.05) is 0 Å². The lowest BCUT2D eigenvalue weighted by molar-refractivity contribution is -0.137. The summed E-state index contributed by atoms with van der Waals surface area (Å²) in [4.78, 5) is 14.4. The molecule has 0 amide bonds. The molecule has 0 spiro atoms. The first-order valence-corrected chi connectivity index (χ1v) is 6.99. The second kappa shape index (κ2) is 5.72. The smallest absolute Gasteiger partial charge is 0.416 e. The molecule has 0 saturated heterocycles. The van der Waals surface area contributed by atoms with E-state index in [0.29, 0.717) is 5.56 Å². The Morgan fingerprint density at radius 3 is 2.42 bits per heavy atom. The maximum atomic E-state index is 12.6.